The Morgan fingerprint density at radius 3 is 2.53 bits per heavy atom. The SMILES string of the molecule is Cc1cccc(C(=O)NC(C)(C)C(C)Br)c1Br. The lowest BCUT2D eigenvalue weighted by Crippen LogP contribution is -2.48. The fraction of sp³-hybridized carbons (Fsp3) is 0.462. The van der Waals surface area contributed by atoms with Crippen LogP contribution in [0.4, 0.5) is 0 Å². The highest BCUT2D eigenvalue weighted by molar-refractivity contribution is 9.10. The molecule has 0 aliphatic heterocycles. The minimum absolute atomic E-state index is 0.0584. The van der Waals surface area contributed by atoms with E-state index < -0.39 is 0 Å². The van der Waals surface area contributed by atoms with Gasteiger partial charge in [0.1, 0.15) is 0 Å². The van der Waals surface area contributed by atoms with E-state index in [2.05, 4.69) is 37.2 Å². The van der Waals surface area contributed by atoms with E-state index in [1.165, 1.54) is 0 Å². The summed E-state index contributed by atoms with van der Waals surface area (Å²) in [6.07, 6.45) is 0. The van der Waals surface area contributed by atoms with Gasteiger partial charge in [-0.1, -0.05) is 35.0 Å². The summed E-state index contributed by atoms with van der Waals surface area (Å²) in [5.41, 5.74) is 1.44. The van der Waals surface area contributed by atoms with Gasteiger partial charge in [-0.2, -0.15) is 0 Å². The third-order valence-corrected chi connectivity index (χ3v) is 5.06. The van der Waals surface area contributed by atoms with Crippen LogP contribution in [-0.4, -0.2) is 16.3 Å². The maximum Gasteiger partial charge on any atom is 0.252 e. The van der Waals surface area contributed by atoms with Crippen molar-refractivity contribution in [2.75, 3.05) is 0 Å². The van der Waals surface area contributed by atoms with Crippen molar-refractivity contribution < 1.29 is 4.79 Å². The van der Waals surface area contributed by atoms with E-state index >= 15 is 0 Å². The highest BCUT2D eigenvalue weighted by atomic mass is 79.9. The number of carbonyl (C=O) groups is 1. The average molecular weight is 363 g/mol. The molecule has 94 valence electrons. The van der Waals surface area contributed by atoms with Crippen LogP contribution in [0.2, 0.25) is 0 Å². The minimum atomic E-state index is -0.291. The molecule has 1 atom stereocenters. The van der Waals surface area contributed by atoms with Gasteiger partial charge >= 0.3 is 0 Å². The van der Waals surface area contributed by atoms with Crippen LogP contribution in [0.3, 0.4) is 0 Å². The van der Waals surface area contributed by atoms with E-state index in [1.807, 2.05) is 45.9 Å². The molecule has 1 aromatic carbocycles. The zero-order chi connectivity index (χ0) is 13.2. The minimum Gasteiger partial charge on any atom is -0.346 e. The zero-order valence-corrected chi connectivity index (χ0v) is 13.6. The predicted octanol–water partition coefficient (Wildman–Crippen LogP) is 4.05. The summed E-state index contributed by atoms with van der Waals surface area (Å²) in [6, 6.07) is 5.68. The molecule has 4 heteroatoms. The molecule has 1 rings (SSSR count). The second-order valence-corrected chi connectivity index (χ2v) is 6.89. The summed E-state index contributed by atoms with van der Waals surface area (Å²) >= 11 is 6.96. The fourth-order valence-corrected chi connectivity index (χ4v) is 1.84. The fourth-order valence-electron chi connectivity index (χ4n) is 1.28. The van der Waals surface area contributed by atoms with Crippen LogP contribution in [0, 0.1) is 6.92 Å². The Bertz CT molecular complexity index is 427. The van der Waals surface area contributed by atoms with E-state index in [9.17, 15) is 4.79 Å². The van der Waals surface area contributed by atoms with Crippen LogP contribution in [-0.2, 0) is 0 Å². The number of benzene rings is 1. The normalized spacial score (nSPS) is 13.3. The van der Waals surface area contributed by atoms with Crippen molar-refractivity contribution in [3.05, 3.63) is 33.8 Å². The van der Waals surface area contributed by atoms with E-state index in [0.29, 0.717) is 5.56 Å². The van der Waals surface area contributed by atoms with E-state index in [0.717, 1.165) is 10.0 Å². The maximum atomic E-state index is 12.2. The van der Waals surface area contributed by atoms with Crippen molar-refractivity contribution in [1.82, 2.24) is 5.32 Å². The highest BCUT2D eigenvalue weighted by Crippen LogP contribution is 2.23. The van der Waals surface area contributed by atoms with Gasteiger partial charge in [0, 0.05) is 14.8 Å². The Hall–Kier alpha value is -0.350. The summed E-state index contributed by atoms with van der Waals surface area (Å²) < 4.78 is 0.857. The van der Waals surface area contributed by atoms with Gasteiger partial charge in [0.25, 0.3) is 5.91 Å². The molecule has 1 N–H and O–H groups in total. The van der Waals surface area contributed by atoms with Crippen LogP contribution in [0.15, 0.2) is 22.7 Å². The van der Waals surface area contributed by atoms with Gasteiger partial charge in [0.15, 0.2) is 0 Å². The number of aryl methyl sites for hydroxylation is 1. The van der Waals surface area contributed by atoms with Gasteiger partial charge in [-0.15, -0.1) is 0 Å². The molecule has 0 saturated carbocycles. The standard InChI is InChI=1S/C13H17Br2NO/c1-8-6-5-7-10(11(8)15)12(17)16-13(3,4)9(2)14/h5-7,9H,1-4H3,(H,16,17). The molecule has 0 bridgehead atoms. The predicted molar refractivity (Wildman–Crippen MR) is 78.8 cm³/mol. The molecule has 0 aliphatic rings. The zero-order valence-electron chi connectivity index (χ0n) is 10.5. The van der Waals surface area contributed by atoms with E-state index in [-0.39, 0.29) is 16.3 Å². The van der Waals surface area contributed by atoms with Crippen molar-refractivity contribution in [2.24, 2.45) is 0 Å². The largest absolute Gasteiger partial charge is 0.346 e. The molecule has 0 fully saturated rings. The number of hydrogen-bond donors (Lipinski definition) is 1. The number of halogens is 2. The average Bonchev–Trinajstić information content (AvgIpc) is 2.21. The van der Waals surface area contributed by atoms with Gasteiger partial charge in [0.05, 0.1) is 5.56 Å². The lowest BCUT2D eigenvalue weighted by Gasteiger charge is -2.29. The Morgan fingerprint density at radius 2 is 2.00 bits per heavy atom. The molecule has 0 radical (unpaired) electrons. The molecule has 0 saturated heterocycles. The first-order valence-corrected chi connectivity index (χ1v) is 7.18. The lowest BCUT2D eigenvalue weighted by molar-refractivity contribution is 0.0913. The van der Waals surface area contributed by atoms with Gasteiger partial charge in [0.2, 0.25) is 0 Å². The molecule has 1 unspecified atom stereocenters. The van der Waals surface area contributed by atoms with Crippen molar-refractivity contribution in [3.63, 3.8) is 0 Å². The number of hydrogen-bond acceptors (Lipinski definition) is 1. The first-order valence-electron chi connectivity index (χ1n) is 5.47. The Labute approximate surface area is 119 Å². The lowest BCUT2D eigenvalue weighted by atomic mass is 10.0. The molecule has 0 spiro atoms. The van der Waals surface area contributed by atoms with Crippen LogP contribution in [0.25, 0.3) is 0 Å². The summed E-state index contributed by atoms with van der Waals surface area (Å²) in [7, 11) is 0. The van der Waals surface area contributed by atoms with Crippen LogP contribution < -0.4 is 5.32 Å². The highest BCUT2D eigenvalue weighted by Gasteiger charge is 2.26. The topological polar surface area (TPSA) is 29.1 Å². The first-order chi connectivity index (χ1) is 7.75. The van der Waals surface area contributed by atoms with Crippen molar-refractivity contribution >= 4 is 37.8 Å². The van der Waals surface area contributed by atoms with Crippen molar-refractivity contribution in [3.8, 4) is 0 Å². The summed E-state index contributed by atoms with van der Waals surface area (Å²) in [5, 5.41) is 3.02. The second kappa shape index (κ2) is 5.53. The molecule has 0 aromatic heterocycles. The van der Waals surface area contributed by atoms with Crippen LogP contribution in [0.5, 0.6) is 0 Å². The molecule has 0 heterocycles. The Kier molecular flexibility index (Phi) is 4.78. The van der Waals surface area contributed by atoms with Crippen LogP contribution >= 0.6 is 31.9 Å². The first kappa shape index (κ1) is 14.7. The molecular formula is C13H17Br2NO. The van der Waals surface area contributed by atoms with Crippen molar-refractivity contribution in [2.45, 2.75) is 38.1 Å². The third kappa shape index (κ3) is 3.55. The molecule has 1 amide bonds. The third-order valence-electron chi connectivity index (χ3n) is 2.87. The number of amides is 1. The Balaban J connectivity index is 2.95. The van der Waals surface area contributed by atoms with Gasteiger partial charge in [-0.25, -0.2) is 0 Å². The van der Waals surface area contributed by atoms with Gasteiger partial charge < -0.3 is 5.32 Å². The second-order valence-electron chi connectivity index (χ2n) is 4.73. The maximum absolute atomic E-state index is 12.2. The van der Waals surface area contributed by atoms with Crippen LogP contribution in [0.1, 0.15) is 36.7 Å². The van der Waals surface area contributed by atoms with Gasteiger partial charge in [-0.05, 0) is 48.3 Å². The molecule has 0 aliphatic carbocycles. The number of carbonyl (C=O) groups excluding carboxylic acids is 1. The summed E-state index contributed by atoms with van der Waals surface area (Å²) in [4.78, 5) is 12.4. The molecule has 1 aromatic rings. The quantitative estimate of drug-likeness (QED) is 0.807. The molecule has 2 nitrogen and oxygen atoms in total. The number of rotatable bonds is 3. The smallest absolute Gasteiger partial charge is 0.252 e. The molecule has 17 heavy (non-hydrogen) atoms. The van der Waals surface area contributed by atoms with E-state index in [4.69, 9.17) is 0 Å². The number of alkyl halides is 1. The summed E-state index contributed by atoms with van der Waals surface area (Å²) in [5.74, 6) is -0.0584. The van der Waals surface area contributed by atoms with Gasteiger partial charge in [-0.3, -0.25) is 4.79 Å². The monoisotopic (exact) mass is 361 g/mol. The number of nitrogens with one attached hydrogen (secondary N) is 1. The Morgan fingerprint density at radius 1 is 1.41 bits per heavy atom. The molecular weight excluding hydrogens is 346 g/mol. The van der Waals surface area contributed by atoms with Crippen molar-refractivity contribution in [1.29, 1.82) is 0 Å². The summed E-state index contributed by atoms with van der Waals surface area (Å²) in [6.45, 7) is 7.98. The van der Waals surface area contributed by atoms with E-state index in [1.54, 1.807) is 0 Å².